The first kappa shape index (κ1) is 26.3. The van der Waals surface area contributed by atoms with E-state index in [1.807, 2.05) is 0 Å². The lowest BCUT2D eigenvalue weighted by Crippen LogP contribution is -2.34. The Balaban J connectivity index is 1.20. The summed E-state index contributed by atoms with van der Waals surface area (Å²) in [5, 5.41) is 0. The van der Waals surface area contributed by atoms with E-state index in [-0.39, 0.29) is 0 Å². The van der Waals surface area contributed by atoms with Crippen molar-refractivity contribution in [3.05, 3.63) is 29.0 Å². The van der Waals surface area contributed by atoms with Crippen LogP contribution in [0.4, 0.5) is 0 Å². The highest BCUT2D eigenvalue weighted by atomic mass is 14.5. The normalized spacial score (nSPS) is 37.8. The zero-order chi connectivity index (χ0) is 24.5. The molecule has 0 aliphatic heterocycles. The van der Waals surface area contributed by atoms with Crippen LogP contribution in [0, 0.1) is 52.3 Å². The minimum absolute atomic E-state index is 0.513. The minimum atomic E-state index is 0.513. The zero-order valence-corrected chi connectivity index (χ0v) is 23.9. The average Bonchev–Trinajstić information content (AvgIpc) is 3.71. The second-order valence-corrected chi connectivity index (χ2v) is 14.2. The average molecular weight is 465 g/mol. The van der Waals surface area contributed by atoms with Crippen LogP contribution in [-0.4, -0.2) is 0 Å². The van der Waals surface area contributed by atoms with Crippen molar-refractivity contribution >= 4 is 0 Å². The molecule has 0 N–H and O–H groups in total. The van der Waals surface area contributed by atoms with Crippen molar-refractivity contribution in [2.75, 3.05) is 0 Å². The highest BCUT2D eigenvalue weighted by Gasteiger charge is 2.50. The molecular weight excluding hydrogens is 408 g/mol. The standard InChI is InChI=1S/C34H56/c1-8-26(4)34(7)23-29(34)18-15-24(2)14-17-27-22-32(27)31(30-19-16-25(30)3)13-11-9-10-12-28-20-21-33(28,5)6/h8,14,24-25,28-32H,9-13,15-16,18-23H2,1-7H3. The maximum atomic E-state index is 3.82. The van der Waals surface area contributed by atoms with Gasteiger partial charge in [-0.05, 0) is 136 Å². The molecular formula is C34H56. The highest BCUT2D eigenvalue weighted by Crippen LogP contribution is 2.59. The van der Waals surface area contributed by atoms with E-state index in [1.165, 1.54) is 83.5 Å². The molecule has 0 heterocycles. The fourth-order valence-electron chi connectivity index (χ4n) is 7.69. The maximum absolute atomic E-state index is 3.82. The number of hydrogen-bond donors (Lipinski definition) is 0. The fourth-order valence-corrected chi connectivity index (χ4v) is 7.69. The van der Waals surface area contributed by atoms with Crippen LogP contribution in [0.3, 0.4) is 0 Å². The third-order valence-corrected chi connectivity index (χ3v) is 11.6. The van der Waals surface area contributed by atoms with Gasteiger partial charge in [0.2, 0.25) is 0 Å². The van der Waals surface area contributed by atoms with Crippen LogP contribution >= 0.6 is 0 Å². The summed E-state index contributed by atoms with van der Waals surface area (Å²) in [4.78, 5) is 0. The van der Waals surface area contributed by atoms with Crippen molar-refractivity contribution in [1.29, 1.82) is 0 Å². The molecule has 0 radical (unpaired) electrons. The van der Waals surface area contributed by atoms with Crippen LogP contribution in [0.15, 0.2) is 29.0 Å². The number of rotatable bonds is 13. The van der Waals surface area contributed by atoms with Crippen molar-refractivity contribution in [3.8, 4) is 0 Å². The van der Waals surface area contributed by atoms with E-state index in [1.54, 1.807) is 11.1 Å². The first-order valence-corrected chi connectivity index (χ1v) is 15.2. The lowest BCUT2D eigenvalue weighted by Gasteiger charge is -2.45. The lowest BCUT2D eigenvalue weighted by molar-refractivity contribution is 0.0614. The summed E-state index contributed by atoms with van der Waals surface area (Å²) in [6.45, 7) is 16.9. The van der Waals surface area contributed by atoms with Gasteiger partial charge in [-0.15, -0.1) is 5.73 Å². The molecule has 0 aromatic carbocycles. The smallest absolute Gasteiger partial charge is 0.00525 e. The number of allylic oxidation sites excluding steroid dienone is 3. The molecule has 0 saturated heterocycles. The molecule has 192 valence electrons. The second-order valence-electron chi connectivity index (χ2n) is 14.2. The second kappa shape index (κ2) is 10.7. The summed E-state index contributed by atoms with van der Waals surface area (Å²) in [5.74, 6) is 6.44. The molecule has 4 aliphatic carbocycles. The molecule has 0 aromatic heterocycles. The summed E-state index contributed by atoms with van der Waals surface area (Å²) in [5.41, 5.74) is 8.26. The van der Waals surface area contributed by atoms with Gasteiger partial charge in [0.15, 0.2) is 0 Å². The van der Waals surface area contributed by atoms with Crippen LogP contribution in [0.25, 0.3) is 0 Å². The van der Waals surface area contributed by atoms with Gasteiger partial charge >= 0.3 is 0 Å². The summed E-state index contributed by atoms with van der Waals surface area (Å²) in [7, 11) is 0. The Kier molecular flexibility index (Phi) is 8.29. The van der Waals surface area contributed by atoms with Gasteiger partial charge in [0.25, 0.3) is 0 Å². The summed E-state index contributed by atoms with van der Waals surface area (Å²) < 4.78 is 0. The number of unbranched alkanes of at least 4 members (excludes halogenated alkanes) is 2. The van der Waals surface area contributed by atoms with E-state index in [0.717, 1.165) is 35.5 Å². The number of hydrogen-bond acceptors (Lipinski definition) is 0. The molecule has 4 fully saturated rings. The summed E-state index contributed by atoms with van der Waals surface area (Å²) >= 11 is 0. The van der Waals surface area contributed by atoms with Gasteiger partial charge in [-0.3, -0.25) is 0 Å². The summed E-state index contributed by atoms with van der Waals surface area (Å²) in [6, 6.07) is 0. The molecule has 0 nitrogen and oxygen atoms in total. The van der Waals surface area contributed by atoms with Crippen LogP contribution in [0.1, 0.15) is 132 Å². The maximum Gasteiger partial charge on any atom is -0.00525 e. The van der Waals surface area contributed by atoms with Crippen LogP contribution in [0.5, 0.6) is 0 Å². The quantitative estimate of drug-likeness (QED) is 0.144. The molecule has 0 heteroatoms. The van der Waals surface area contributed by atoms with Crippen molar-refractivity contribution in [1.82, 2.24) is 0 Å². The summed E-state index contributed by atoms with van der Waals surface area (Å²) in [6.07, 6.45) is 23.6. The molecule has 0 spiro atoms. The molecule has 8 unspecified atom stereocenters. The third kappa shape index (κ3) is 5.97. The van der Waals surface area contributed by atoms with E-state index in [2.05, 4.69) is 66.3 Å². The van der Waals surface area contributed by atoms with Crippen molar-refractivity contribution < 1.29 is 0 Å². The van der Waals surface area contributed by atoms with Crippen molar-refractivity contribution in [3.63, 3.8) is 0 Å². The van der Waals surface area contributed by atoms with Gasteiger partial charge in [-0.1, -0.05) is 72.0 Å². The Labute approximate surface area is 213 Å². The fraction of sp³-hybridized carbons (Fsp3) is 0.853. The molecule has 8 atom stereocenters. The van der Waals surface area contributed by atoms with Crippen LogP contribution < -0.4 is 0 Å². The molecule has 4 saturated carbocycles. The van der Waals surface area contributed by atoms with Gasteiger partial charge in [-0.25, -0.2) is 0 Å². The zero-order valence-electron chi connectivity index (χ0n) is 23.9. The van der Waals surface area contributed by atoms with E-state index >= 15 is 0 Å². The minimum Gasteiger partial charge on any atom is -0.125 e. The molecule has 0 amide bonds. The van der Waals surface area contributed by atoms with Crippen molar-refractivity contribution in [2.24, 2.45) is 52.3 Å². The Morgan fingerprint density at radius 2 is 1.82 bits per heavy atom. The Hall–Kier alpha value is -0.740. The lowest BCUT2D eigenvalue weighted by atomic mass is 9.61. The molecule has 4 aliphatic rings. The third-order valence-electron chi connectivity index (χ3n) is 11.6. The predicted octanol–water partition coefficient (Wildman–Crippen LogP) is 10.5. The van der Waals surface area contributed by atoms with Gasteiger partial charge in [0, 0.05) is 0 Å². The monoisotopic (exact) mass is 464 g/mol. The molecule has 34 heavy (non-hydrogen) atoms. The van der Waals surface area contributed by atoms with E-state index < -0.39 is 0 Å². The largest absolute Gasteiger partial charge is 0.125 e. The first-order chi connectivity index (χ1) is 16.2. The van der Waals surface area contributed by atoms with Gasteiger partial charge in [-0.2, -0.15) is 0 Å². The van der Waals surface area contributed by atoms with E-state index in [9.17, 15) is 0 Å². The van der Waals surface area contributed by atoms with Crippen LogP contribution in [-0.2, 0) is 0 Å². The van der Waals surface area contributed by atoms with E-state index in [4.69, 9.17) is 0 Å². The molecule has 4 rings (SSSR count). The Morgan fingerprint density at radius 1 is 1.03 bits per heavy atom. The van der Waals surface area contributed by atoms with Crippen molar-refractivity contribution in [2.45, 2.75) is 132 Å². The first-order valence-electron chi connectivity index (χ1n) is 15.2. The van der Waals surface area contributed by atoms with Gasteiger partial charge in [0.05, 0.1) is 0 Å². The molecule has 0 aromatic rings. The Morgan fingerprint density at radius 3 is 2.41 bits per heavy atom. The highest BCUT2D eigenvalue weighted by molar-refractivity contribution is 5.25. The van der Waals surface area contributed by atoms with Crippen LogP contribution in [0.2, 0.25) is 0 Å². The topological polar surface area (TPSA) is 0 Å². The molecule has 0 bridgehead atoms. The van der Waals surface area contributed by atoms with Gasteiger partial charge < -0.3 is 0 Å². The van der Waals surface area contributed by atoms with Gasteiger partial charge in [0.1, 0.15) is 0 Å². The SMILES string of the molecule is CC=C(C)C1(C)CC1CCC(C)C=C=C1CC1C(CCCCCC1CCC1(C)C)C1CCC1C. The predicted molar refractivity (Wildman–Crippen MR) is 149 cm³/mol. The Bertz CT molecular complexity index is 789. The van der Waals surface area contributed by atoms with E-state index in [0.29, 0.717) is 16.7 Å².